The summed E-state index contributed by atoms with van der Waals surface area (Å²) in [6, 6.07) is 9.87. The van der Waals surface area contributed by atoms with Gasteiger partial charge in [-0.25, -0.2) is 4.98 Å². The fraction of sp³-hybridized carbons (Fsp3) is 0.316. The summed E-state index contributed by atoms with van der Waals surface area (Å²) >= 11 is 12.3. The average Bonchev–Trinajstić information content (AvgIpc) is 3.00. The maximum absolute atomic E-state index is 6.34. The van der Waals surface area contributed by atoms with Crippen LogP contribution in [-0.4, -0.2) is 40.5 Å². The highest BCUT2D eigenvalue weighted by atomic mass is 35.5. The van der Waals surface area contributed by atoms with Gasteiger partial charge >= 0.3 is 0 Å². The lowest BCUT2D eigenvalue weighted by Crippen LogP contribution is -2.46. The fourth-order valence-electron chi connectivity index (χ4n) is 3.39. The molecule has 0 radical (unpaired) electrons. The standard InChI is InChI=1S/C19H20Cl2N4/c1-14-3-2-6-25-13-16(22-19(14)25)12-23-7-9-24(10-8-23)18-5-4-15(20)11-17(18)21/h2-6,11,13H,7-10,12H2,1H3. The van der Waals surface area contributed by atoms with E-state index in [1.807, 2.05) is 18.2 Å². The van der Waals surface area contributed by atoms with Gasteiger partial charge in [0.05, 0.1) is 16.4 Å². The summed E-state index contributed by atoms with van der Waals surface area (Å²) < 4.78 is 2.11. The lowest BCUT2D eigenvalue weighted by molar-refractivity contribution is 0.247. The molecule has 25 heavy (non-hydrogen) atoms. The lowest BCUT2D eigenvalue weighted by Gasteiger charge is -2.36. The van der Waals surface area contributed by atoms with Crippen LogP contribution in [0.25, 0.3) is 5.65 Å². The topological polar surface area (TPSA) is 23.8 Å². The molecule has 130 valence electrons. The summed E-state index contributed by atoms with van der Waals surface area (Å²) in [6.45, 7) is 6.86. The fourth-order valence-corrected chi connectivity index (χ4v) is 3.92. The number of pyridine rings is 1. The van der Waals surface area contributed by atoms with Crippen LogP contribution in [0.2, 0.25) is 10.0 Å². The summed E-state index contributed by atoms with van der Waals surface area (Å²) in [5.74, 6) is 0. The number of halogens is 2. The molecule has 2 aromatic heterocycles. The van der Waals surface area contributed by atoms with Gasteiger partial charge < -0.3 is 9.30 Å². The van der Waals surface area contributed by atoms with Gasteiger partial charge in [0.1, 0.15) is 5.65 Å². The van der Waals surface area contributed by atoms with Crippen LogP contribution in [0.3, 0.4) is 0 Å². The van der Waals surface area contributed by atoms with Gasteiger partial charge in [0.25, 0.3) is 0 Å². The van der Waals surface area contributed by atoms with E-state index < -0.39 is 0 Å². The van der Waals surface area contributed by atoms with Crippen LogP contribution in [0, 0.1) is 6.92 Å². The van der Waals surface area contributed by atoms with Gasteiger partial charge in [0.15, 0.2) is 0 Å². The van der Waals surface area contributed by atoms with E-state index in [4.69, 9.17) is 28.2 Å². The zero-order chi connectivity index (χ0) is 17.4. The van der Waals surface area contributed by atoms with Crippen LogP contribution in [0.15, 0.2) is 42.7 Å². The molecule has 0 atom stereocenters. The molecule has 0 unspecified atom stereocenters. The summed E-state index contributed by atoms with van der Waals surface area (Å²) in [6.07, 6.45) is 4.18. The maximum Gasteiger partial charge on any atom is 0.139 e. The molecule has 0 bridgehead atoms. The number of piperazine rings is 1. The highest BCUT2D eigenvalue weighted by molar-refractivity contribution is 6.36. The second-order valence-electron chi connectivity index (χ2n) is 6.51. The van der Waals surface area contributed by atoms with Crippen LogP contribution < -0.4 is 4.90 Å². The van der Waals surface area contributed by atoms with Crippen molar-refractivity contribution in [1.82, 2.24) is 14.3 Å². The van der Waals surface area contributed by atoms with E-state index in [1.165, 1.54) is 5.56 Å². The van der Waals surface area contributed by atoms with Crippen LogP contribution in [0.5, 0.6) is 0 Å². The SMILES string of the molecule is Cc1cccn2cc(CN3CCN(c4ccc(Cl)cc4Cl)CC3)nc12. The molecule has 0 spiro atoms. The van der Waals surface area contributed by atoms with E-state index in [9.17, 15) is 0 Å². The second-order valence-corrected chi connectivity index (χ2v) is 7.36. The Morgan fingerprint density at radius 2 is 1.88 bits per heavy atom. The van der Waals surface area contributed by atoms with E-state index in [0.717, 1.165) is 54.8 Å². The predicted octanol–water partition coefficient (Wildman–Crippen LogP) is 4.27. The van der Waals surface area contributed by atoms with Gasteiger partial charge in [-0.3, -0.25) is 4.90 Å². The Bertz CT molecular complexity index is 898. The Morgan fingerprint density at radius 3 is 2.60 bits per heavy atom. The normalized spacial score (nSPS) is 15.9. The first kappa shape index (κ1) is 16.7. The van der Waals surface area contributed by atoms with Gasteiger partial charge in [-0.1, -0.05) is 29.3 Å². The highest BCUT2D eigenvalue weighted by Crippen LogP contribution is 2.29. The molecule has 0 N–H and O–H groups in total. The molecule has 6 heteroatoms. The number of imidazole rings is 1. The third kappa shape index (κ3) is 3.47. The van der Waals surface area contributed by atoms with Crippen molar-refractivity contribution < 1.29 is 0 Å². The molecule has 4 rings (SSSR count). The quantitative estimate of drug-likeness (QED) is 0.683. The first-order valence-corrected chi connectivity index (χ1v) is 9.21. The Kier molecular flexibility index (Phi) is 4.59. The maximum atomic E-state index is 6.34. The molecule has 1 fully saturated rings. The Hall–Kier alpha value is -1.75. The molecule has 1 aliphatic heterocycles. The highest BCUT2D eigenvalue weighted by Gasteiger charge is 2.20. The molecule has 1 saturated heterocycles. The lowest BCUT2D eigenvalue weighted by atomic mass is 10.2. The van der Waals surface area contributed by atoms with Crippen molar-refractivity contribution in [2.24, 2.45) is 0 Å². The average molecular weight is 375 g/mol. The van der Waals surface area contributed by atoms with E-state index in [-0.39, 0.29) is 0 Å². The first-order valence-electron chi connectivity index (χ1n) is 8.46. The monoisotopic (exact) mass is 374 g/mol. The summed E-state index contributed by atoms with van der Waals surface area (Å²) in [5, 5.41) is 1.39. The van der Waals surface area contributed by atoms with Gasteiger partial charge in [0, 0.05) is 50.1 Å². The van der Waals surface area contributed by atoms with Crippen LogP contribution in [-0.2, 0) is 6.54 Å². The number of aromatic nitrogens is 2. The smallest absolute Gasteiger partial charge is 0.139 e. The second kappa shape index (κ2) is 6.87. The molecular weight excluding hydrogens is 355 g/mol. The number of anilines is 1. The molecule has 0 aliphatic carbocycles. The molecule has 3 aromatic rings. The molecular formula is C19H20Cl2N4. The van der Waals surface area contributed by atoms with Crippen molar-refractivity contribution >= 4 is 34.5 Å². The Morgan fingerprint density at radius 1 is 1.08 bits per heavy atom. The number of fused-ring (bicyclic) bond motifs is 1. The van der Waals surface area contributed by atoms with E-state index in [2.05, 4.69) is 45.7 Å². The summed E-state index contributed by atoms with van der Waals surface area (Å²) in [5.41, 5.74) is 4.43. The van der Waals surface area contributed by atoms with Gasteiger partial charge in [0.2, 0.25) is 0 Å². The van der Waals surface area contributed by atoms with Crippen molar-refractivity contribution in [3.05, 3.63) is 64.0 Å². The number of aryl methyl sites for hydroxylation is 1. The first-order chi connectivity index (χ1) is 12.1. The zero-order valence-corrected chi connectivity index (χ0v) is 15.6. The van der Waals surface area contributed by atoms with Crippen molar-refractivity contribution in [1.29, 1.82) is 0 Å². The number of hydrogen-bond donors (Lipinski definition) is 0. The number of rotatable bonds is 3. The number of benzene rings is 1. The van der Waals surface area contributed by atoms with Crippen LogP contribution in [0.4, 0.5) is 5.69 Å². The Balaban J connectivity index is 1.42. The largest absolute Gasteiger partial charge is 0.368 e. The third-order valence-electron chi connectivity index (χ3n) is 4.74. The minimum Gasteiger partial charge on any atom is -0.368 e. The molecule has 0 saturated carbocycles. The van der Waals surface area contributed by atoms with Crippen molar-refractivity contribution in [3.8, 4) is 0 Å². The Labute approximate surface area is 157 Å². The van der Waals surface area contributed by atoms with Gasteiger partial charge in [-0.15, -0.1) is 0 Å². The molecule has 3 heterocycles. The molecule has 4 nitrogen and oxygen atoms in total. The van der Waals surface area contributed by atoms with Gasteiger partial charge in [-0.2, -0.15) is 0 Å². The summed E-state index contributed by atoms with van der Waals surface area (Å²) in [4.78, 5) is 9.54. The minimum atomic E-state index is 0.675. The predicted molar refractivity (Wildman–Crippen MR) is 104 cm³/mol. The number of nitrogens with zero attached hydrogens (tertiary/aromatic N) is 4. The van der Waals surface area contributed by atoms with Crippen molar-refractivity contribution in [3.63, 3.8) is 0 Å². The zero-order valence-electron chi connectivity index (χ0n) is 14.1. The van der Waals surface area contributed by atoms with E-state index in [1.54, 1.807) is 0 Å². The van der Waals surface area contributed by atoms with E-state index >= 15 is 0 Å². The van der Waals surface area contributed by atoms with Gasteiger partial charge in [-0.05, 0) is 36.8 Å². The van der Waals surface area contributed by atoms with Crippen LogP contribution in [0.1, 0.15) is 11.3 Å². The van der Waals surface area contributed by atoms with Crippen molar-refractivity contribution in [2.45, 2.75) is 13.5 Å². The molecule has 1 aliphatic rings. The third-order valence-corrected chi connectivity index (χ3v) is 5.27. The van der Waals surface area contributed by atoms with Crippen molar-refractivity contribution in [2.75, 3.05) is 31.1 Å². The minimum absolute atomic E-state index is 0.675. The summed E-state index contributed by atoms with van der Waals surface area (Å²) in [7, 11) is 0. The number of hydrogen-bond acceptors (Lipinski definition) is 3. The molecule has 1 aromatic carbocycles. The molecule has 0 amide bonds. The van der Waals surface area contributed by atoms with E-state index in [0.29, 0.717) is 5.02 Å². The van der Waals surface area contributed by atoms with Crippen LogP contribution >= 0.6 is 23.2 Å².